The van der Waals surface area contributed by atoms with E-state index in [1.807, 2.05) is 6.07 Å². The minimum absolute atomic E-state index is 0.0832. The van der Waals surface area contributed by atoms with Gasteiger partial charge in [0.15, 0.2) is 0 Å². The molecule has 7 nitrogen and oxygen atoms in total. The van der Waals surface area contributed by atoms with E-state index in [1.54, 1.807) is 45.0 Å². The van der Waals surface area contributed by atoms with Crippen molar-refractivity contribution in [2.24, 2.45) is 11.5 Å². The Bertz CT molecular complexity index is 580. The van der Waals surface area contributed by atoms with Crippen molar-refractivity contribution >= 4 is 17.8 Å². The molecule has 0 aliphatic heterocycles. The number of ether oxygens (including phenoxy) is 2. The maximum atomic E-state index is 12.2. The summed E-state index contributed by atoms with van der Waals surface area (Å²) >= 11 is 0. The number of esters is 2. The fourth-order valence-corrected chi connectivity index (χ4v) is 1.72. The Balaban J connectivity index is 2.88. The average Bonchev–Trinajstić information content (AvgIpc) is 2.43. The SMILES string of the molecule is CC(C)(C)OC(=O)[C@](N)(CC(N)=O)C(=O)OCc1ccccc1. The zero-order valence-corrected chi connectivity index (χ0v) is 13.5. The second-order valence-corrected chi connectivity index (χ2v) is 6.18. The maximum Gasteiger partial charge on any atom is 0.338 e. The van der Waals surface area contributed by atoms with Gasteiger partial charge in [0, 0.05) is 0 Å². The highest BCUT2D eigenvalue weighted by Crippen LogP contribution is 2.18. The Kier molecular flexibility index (Phi) is 5.86. The number of carbonyl (C=O) groups excluding carboxylic acids is 3. The van der Waals surface area contributed by atoms with Crippen molar-refractivity contribution in [2.75, 3.05) is 0 Å². The van der Waals surface area contributed by atoms with Crippen molar-refractivity contribution < 1.29 is 23.9 Å². The molecule has 1 atom stereocenters. The molecule has 126 valence electrons. The van der Waals surface area contributed by atoms with Crippen LogP contribution in [-0.2, 0) is 30.5 Å². The summed E-state index contributed by atoms with van der Waals surface area (Å²) in [6, 6.07) is 8.85. The predicted octanol–water partition coefficient (Wildman–Crippen LogP) is 0.644. The van der Waals surface area contributed by atoms with Crippen molar-refractivity contribution in [2.45, 2.75) is 44.9 Å². The highest BCUT2D eigenvalue weighted by molar-refractivity contribution is 6.08. The Morgan fingerprint density at radius 3 is 2.09 bits per heavy atom. The number of primary amides is 1. The number of nitrogens with two attached hydrogens (primary N) is 2. The monoisotopic (exact) mass is 322 g/mol. The Hall–Kier alpha value is -2.41. The van der Waals surface area contributed by atoms with E-state index in [2.05, 4.69) is 0 Å². The summed E-state index contributed by atoms with van der Waals surface area (Å²) in [5.74, 6) is -3.02. The summed E-state index contributed by atoms with van der Waals surface area (Å²) in [7, 11) is 0. The lowest BCUT2D eigenvalue weighted by molar-refractivity contribution is -0.173. The molecule has 23 heavy (non-hydrogen) atoms. The summed E-state index contributed by atoms with van der Waals surface area (Å²) in [5.41, 5.74) is 8.47. The standard InChI is InChI=1S/C16H22N2O5/c1-15(2,3)23-14(21)16(18,9-12(17)19)13(20)22-10-11-7-5-4-6-8-11/h4-8H,9-10,18H2,1-3H3,(H2,17,19)/t16-/m0/s1. The van der Waals surface area contributed by atoms with Gasteiger partial charge in [-0.1, -0.05) is 30.3 Å². The van der Waals surface area contributed by atoms with Crippen LogP contribution in [0.5, 0.6) is 0 Å². The molecular formula is C16H22N2O5. The molecular weight excluding hydrogens is 300 g/mol. The van der Waals surface area contributed by atoms with Gasteiger partial charge in [0.05, 0.1) is 6.42 Å². The van der Waals surface area contributed by atoms with Crippen molar-refractivity contribution in [3.8, 4) is 0 Å². The van der Waals surface area contributed by atoms with Crippen LogP contribution in [0.2, 0.25) is 0 Å². The molecule has 0 aromatic heterocycles. The van der Waals surface area contributed by atoms with Crippen LogP contribution in [0.25, 0.3) is 0 Å². The first-order chi connectivity index (χ1) is 10.5. The lowest BCUT2D eigenvalue weighted by atomic mass is 9.96. The van der Waals surface area contributed by atoms with Crippen LogP contribution in [0, 0.1) is 0 Å². The lowest BCUT2D eigenvalue weighted by Gasteiger charge is -2.28. The van der Waals surface area contributed by atoms with Crippen LogP contribution >= 0.6 is 0 Å². The van der Waals surface area contributed by atoms with Crippen molar-refractivity contribution in [1.29, 1.82) is 0 Å². The number of rotatable bonds is 6. The largest absolute Gasteiger partial charge is 0.459 e. The van der Waals surface area contributed by atoms with Crippen molar-refractivity contribution in [3.63, 3.8) is 0 Å². The number of carbonyl (C=O) groups is 3. The molecule has 0 aliphatic rings. The molecule has 1 aromatic carbocycles. The third kappa shape index (κ3) is 5.71. The van der Waals surface area contributed by atoms with E-state index in [0.29, 0.717) is 5.56 Å². The summed E-state index contributed by atoms with van der Waals surface area (Å²) in [5, 5.41) is 0. The smallest absolute Gasteiger partial charge is 0.338 e. The molecule has 7 heteroatoms. The number of benzene rings is 1. The van der Waals surface area contributed by atoms with E-state index in [1.165, 1.54) is 0 Å². The van der Waals surface area contributed by atoms with Gasteiger partial charge in [-0.05, 0) is 26.3 Å². The topological polar surface area (TPSA) is 122 Å². The normalized spacial score (nSPS) is 13.7. The zero-order valence-electron chi connectivity index (χ0n) is 13.5. The maximum absolute atomic E-state index is 12.2. The lowest BCUT2D eigenvalue weighted by Crippen LogP contribution is -2.59. The fraction of sp³-hybridized carbons (Fsp3) is 0.438. The zero-order chi connectivity index (χ0) is 17.7. The first kappa shape index (κ1) is 18.6. The van der Waals surface area contributed by atoms with Gasteiger partial charge in [0.25, 0.3) is 0 Å². The van der Waals surface area contributed by atoms with Gasteiger partial charge >= 0.3 is 11.9 Å². The van der Waals surface area contributed by atoms with Crippen LogP contribution in [0.4, 0.5) is 0 Å². The summed E-state index contributed by atoms with van der Waals surface area (Å²) < 4.78 is 10.2. The molecule has 0 bridgehead atoms. The van der Waals surface area contributed by atoms with Gasteiger partial charge in [-0.15, -0.1) is 0 Å². The van der Waals surface area contributed by atoms with Gasteiger partial charge in [0.2, 0.25) is 11.4 Å². The van der Waals surface area contributed by atoms with Gasteiger partial charge in [0.1, 0.15) is 12.2 Å². The van der Waals surface area contributed by atoms with Crippen LogP contribution < -0.4 is 11.5 Å². The quantitative estimate of drug-likeness (QED) is 0.585. The minimum atomic E-state index is -2.27. The molecule has 0 fully saturated rings. The molecule has 0 unspecified atom stereocenters. The summed E-state index contributed by atoms with van der Waals surface area (Å²) in [6.07, 6.45) is -0.699. The van der Waals surface area contributed by atoms with Crippen LogP contribution in [0.15, 0.2) is 30.3 Å². The summed E-state index contributed by atoms with van der Waals surface area (Å²) in [4.78, 5) is 35.6. The molecule has 0 saturated heterocycles. The molecule has 0 aliphatic carbocycles. The van der Waals surface area contributed by atoms with E-state index < -0.39 is 35.4 Å². The number of hydrogen-bond donors (Lipinski definition) is 2. The Labute approximate surface area is 134 Å². The van der Waals surface area contributed by atoms with E-state index in [9.17, 15) is 14.4 Å². The molecule has 0 saturated carbocycles. The van der Waals surface area contributed by atoms with E-state index in [-0.39, 0.29) is 6.61 Å². The van der Waals surface area contributed by atoms with E-state index in [0.717, 1.165) is 0 Å². The molecule has 0 spiro atoms. The Morgan fingerprint density at radius 2 is 1.61 bits per heavy atom. The molecule has 1 aromatic rings. The van der Waals surface area contributed by atoms with Crippen molar-refractivity contribution in [1.82, 2.24) is 0 Å². The molecule has 4 N–H and O–H groups in total. The molecule has 0 radical (unpaired) electrons. The average molecular weight is 322 g/mol. The molecule has 0 heterocycles. The highest BCUT2D eigenvalue weighted by Gasteiger charge is 2.48. The molecule has 1 rings (SSSR count). The number of amides is 1. The van der Waals surface area contributed by atoms with Gasteiger partial charge in [-0.2, -0.15) is 0 Å². The van der Waals surface area contributed by atoms with Gasteiger partial charge < -0.3 is 20.9 Å². The summed E-state index contributed by atoms with van der Waals surface area (Å²) in [6.45, 7) is 4.76. The third-order valence-corrected chi connectivity index (χ3v) is 2.79. The van der Waals surface area contributed by atoms with E-state index >= 15 is 0 Å². The first-order valence-corrected chi connectivity index (χ1v) is 7.06. The van der Waals surface area contributed by atoms with Gasteiger partial charge in [-0.3, -0.25) is 4.79 Å². The first-order valence-electron chi connectivity index (χ1n) is 7.06. The van der Waals surface area contributed by atoms with Crippen LogP contribution in [0.3, 0.4) is 0 Å². The van der Waals surface area contributed by atoms with Crippen LogP contribution in [0.1, 0.15) is 32.8 Å². The highest BCUT2D eigenvalue weighted by atomic mass is 16.6. The second kappa shape index (κ2) is 7.23. The minimum Gasteiger partial charge on any atom is -0.459 e. The van der Waals surface area contributed by atoms with E-state index in [4.69, 9.17) is 20.9 Å². The fourth-order valence-electron chi connectivity index (χ4n) is 1.72. The predicted molar refractivity (Wildman–Crippen MR) is 82.8 cm³/mol. The third-order valence-electron chi connectivity index (χ3n) is 2.79. The Morgan fingerprint density at radius 1 is 1.04 bits per heavy atom. The second-order valence-electron chi connectivity index (χ2n) is 6.18. The van der Waals surface area contributed by atoms with Gasteiger partial charge in [-0.25, -0.2) is 9.59 Å². The van der Waals surface area contributed by atoms with Crippen LogP contribution in [-0.4, -0.2) is 29.0 Å². The molecule has 1 amide bonds. The van der Waals surface area contributed by atoms with Crippen molar-refractivity contribution in [3.05, 3.63) is 35.9 Å². The number of hydrogen-bond acceptors (Lipinski definition) is 6.